The van der Waals surface area contributed by atoms with Crippen LogP contribution in [-0.2, 0) is 10.0 Å². The van der Waals surface area contributed by atoms with Gasteiger partial charge in [0.05, 0.1) is 0 Å². The fourth-order valence-corrected chi connectivity index (χ4v) is 2.41. The van der Waals surface area contributed by atoms with Gasteiger partial charge in [-0.05, 0) is 11.5 Å². The van der Waals surface area contributed by atoms with Gasteiger partial charge in [-0.15, -0.1) is 0 Å². The van der Waals surface area contributed by atoms with Crippen molar-refractivity contribution >= 4 is 33.2 Å². The molecular weight excluding hydrogens is 196 g/mol. The summed E-state index contributed by atoms with van der Waals surface area (Å²) in [6.07, 6.45) is 0. The van der Waals surface area contributed by atoms with Gasteiger partial charge in [0.1, 0.15) is 4.90 Å². The van der Waals surface area contributed by atoms with Gasteiger partial charge in [0.15, 0.2) is 5.15 Å². The van der Waals surface area contributed by atoms with Gasteiger partial charge in [0.2, 0.25) is 10.0 Å². The van der Waals surface area contributed by atoms with Crippen molar-refractivity contribution in [2.45, 2.75) is 4.90 Å². The summed E-state index contributed by atoms with van der Waals surface area (Å²) < 4.78 is 24.7. The fraction of sp³-hybridized carbons (Fsp3) is 0. The van der Waals surface area contributed by atoms with Crippen LogP contribution in [0.4, 0.5) is 0 Å². The molecule has 0 fully saturated rings. The SMILES string of the molecule is NS(=O)(=O)c1csnc1Cl. The van der Waals surface area contributed by atoms with Crippen LogP contribution in [0.2, 0.25) is 5.15 Å². The van der Waals surface area contributed by atoms with E-state index >= 15 is 0 Å². The lowest BCUT2D eigenvalue weighted by molar-refractivity contribution is 0.598. The van der Waals surface area contributed by atoms with Crippen LogP contribution < -0.4 is 5.14 Å². The topological polar surface area (TPSA) is 73.1 Å². The second-order valence-electron chi connectivity index (χ2n) is 1.51. The van der Waals surface area contributed by atoms with E-state index in [4.69, 9.17) is 16.7 Å². The summed E-state index contributed by atoms with van der Waals surface area (Å²) in [6.45, 7) is 0. The van der Waals surface area contributed by atoms with Crippen molar-refractivity contribution in [3.8, 4) is 0 Å². The Morgan fingerprint density at radius 3 is 2.50 bits per heavy atom. The van der Waals surface area contributed by atoms with Crippen LogP contribution in [0, 0.1) is 0 Å². The van der Waals surface area contributed by atoms with Crippen molar-refractivity contribution in [1.29, 1.82) is 0 Å². The van der Waals surface area contributed by atoms with Crippen molar-refractivity contribution in [3.05, 3.63) is 10.5 Å². The first kappa shape index (κ1) is 7.93. The maximum absolute atomic E-state index is 10.6. The molecule has 10 heavy (non-hydrogen) atoms. The molecule has 2 N–H and O–H groups in total. The molecule has 1 aromatic heterocycles. The minimum Gasteiger partial charge on any atom is -0.225 e. The van der Waals surface area contributed by atoms with Crippen LogP contribution in [0.5, 0.6) is 0 Å². The molecule has 0 aliphatic carbocycles. The quantitative estimate of drug-likeness (QED) is 0.712. The molecule has 0 radical (unpaired) electrons. The molecule has 56 valence electrons. The van der Waals surface area contributed by atoms with Crippen LogP contribution in [0.25, 0.3) is 0 Å². The first-order chi connectivity index (χ1) is 4.52. The van der Waals surface area contributed by atoms with E-state index in [0.717, 1.165) is 11.5 Å². The van der Waals surface area contributed by atoms with Gasteiger partial charge in [-0.25, -0.2) is 13.6 Å². The third-order valence-electron chi connectivity index (χ3n) is 0.802. The van der Waals surface area contributed by atoms with E-state index in [0.29, 0.717) is 0 Å². The van der Waals surface area contributed by atoms with Crippen LogP contribution in [0.1, 0.15) is 0 Å². The van der Waals surface area contributed by atoms with Gasteiger partial charge in [0, 0.05) is 5.38 Å². The molecular formula is C3H3ClN2O2S2. The van der Waals surface area contributed by atoms with Gasteiger partial charge in [-0.2, -0.15) is 4.37 Å². The Kier molecular flexibility index (Phi) is 1.95. The zero-order chi connectivity index (χ0) is 7.78. The lowest BCUT2D eigenvalue weighted by Crippen LogP contribution is -2.11. The largest absolute Gasteiger partial charge is 0.242 e. The molecule has 0 bridgehead atoms. The lowest BCUT2D eigenvalue weighted by Gasteiger charge is -1.89. The highest BCUT2D eigenvalue weighted by molar-refractivity contribution is 7.89. The van der Waals surface area contributed by atoms with Crippen molar-refractivity contribution in [1.82, 2.24) is 4.37 Å². The number of primary sulfonamides is 1. The molecule has 0 saturated heterocycles. The summed E-state index contributed by atoms with van der Waals surface area (Å²) in [4.78, 5) is -0.112. The van der Waals surface area contributed by atoms with E-state index < -0.39 is 10.0 Å². The molecule has 0 aliphatic heterocycles. The molecule has 1 heterocycles. The van der Waals surface area contributed by atoms with E-state index in [1.54, 1.807) is 0 Å². The Bertz CT molecular complexity index is 330. The number of sulfonamides is 1. The zero-order valence-electron chi connectivity index (χ0n) is 4.61. The highest BCUT2D eigenvalue weighted by Crippen LogP contribution is 2.19. The Morgan fingerprint density at radius 1 is 1.70 bits per heavy atom. The molecule has 1 aromatic rings. The molecule has 0 amide bonds. The second-order valence-corrected chi connectivity index (χ2v) is 4.03. The van der Waals surface area contributed by atoms with Gasteiger partial charge in [0.25, 0.3) is 0 Å². The standard InChI is InChI=1S/C3H3ClN2O2S2/c4-3-2(1-9-6-3)10(5,7)8/h1H,(H2,5,7,8). The van der Waals surface area contributed by atoms with E-state index in [-0.39, 0.29) is 10.0 Å². The van der Waals surface area contributed by atoms with Gasteiger partial charge in [-0.1, -0.05) is 11.6 Å². The number of rotatable bonds is 1. The van der Waals surface area contributed by atoms with Crippen molar-refractivity contribution < 1.29 is 8.42 Å². The number of hydrogen-bond acceptors (Lipinski definition) is 4. The van der Waals surface area contributed by atoms with Crippen LogP contribution >= 0.6 is 23.1 Å². The number of halogens is 1. The van der Waals surface area contributed by atoms with E-state index in [1.807, 2.05) is 0 Å². The monoisotopic (exact) mass is 198 g/mol. The van der Waals surface area contributed by atoms with Crippen molar-refractivity contribution in [2.75, 3.05) is 0 Å². The molecule has 0 spiro atoms. The maximum Gasteiger partial charge on any atom is 0.242 e. The fourth-order valence-electron chi connectivity index (χ4n) is 0.399. The first-order valence-electron chi connectivity index (χ1n) is 2.14. The van der Waals surface area contributed by atoms with Gasteiger partial charge < -0.3 is 0 Å². The van der Waals surface area contributed by atoms with Gasteiger partial charge in [-0.3, -0.25) is 0 Å². The molecule has 1 rings (SSSR count). The minimum atomic E-state index is -3.67. The number of nitrogens with zero attached hydrogens (tertiary/aromatic N) is 1. The smallest absolute Gasteiger partial charge is 0.225 e. The Balaban J connectivity index is 3.32. The normalized spacial score (nSPS) is 11.8. The highest BCUT2D eigenvalue weighted by Gasteiger charge is 2.14. The minimum absolute atomic E-state index is 0.0625. The van der Waals surface area contributed by atoms with Crippen LogP contribution in [0.3, 0.4) is 0 Å². The van der Waals surface area contributed by atoms with E-state index in [1.165, 1.54) is 5.38 Å². The summed E-state index contributed by atoms with van der Waals surface area (Å²) in [5.74, 6) is 0. The third kappa shape index (κ3) is 1.46. The summed E-state index contributed by atoms with van der Waals surface area (Å²) in [5.41, 5.74) is 0. The predicted molar refractivity (Wildman–Crippen MR) is 38.5 cm³/mol. The van der Waals surface area contributed by atoms with Crippen LogP contribution in [-0.4, -0.2) is 12.8 Å². The molecule has 0 saturated carbocycles. The summed E-state index contributed by atoms with van der Waals surface area (Å²) in [5, 5.41) is 5.98. The zero-order valence-corrected chi connectivity index (χ0v) is 7.00. The van der Waals surface area contributed by atoms with Crippen molar-refractivity contribution in [2.24, 2.45) is 5.14 Å². The Hall–Kier alpha value is -0.170. The Morgan fingerprint density at radius 2 is 2.30 bits per heavy atom. The third-order valence-corrected chi connectivity index (χ3v) is 3.01. The molecule has 0 atom stereocenters. The molecule has 0 unspecified atom stereocenters. The predicted octanol–water partition coefficient (Wildman–Crippen LogP) is 0.444. The Labute approximate surface area is 66.8 Å². The molecule has 7 heteroatoms. The second kappa shape index (κ2) is 2.46. The molecule has 4 nitrogen and oxygen atoms in total. The molecule has 0 aliphatic rings. The van der Waals surface area contributed by atoms with Crippen molar-refractivity contribution in [3.63, 3.8) is 0 Å². The number of nitrogens with two attached hydrogens (primary N) is 1. The summed E-state index contributed by atoms with van der Waals surface area (Å²) in [7, 11) is -3.67. The lowest BCUT2D eigenvalue weighted by atomic mass is 10.8. The maximum atomic E-state index is 10.6. The van der Waals surface area contributed by atoms with Gasteiger partial charge >= 0.3 is 0 Å². The summed E-state index contributed by atoms with van der Waals surface area (Å²) in [6, 6.07) is 0. The summed E-state index contributed by atoms with van der Waals surface area (Å²) >= 11 is 6.32. The average molecular weight is 199 g/mol. The first-order valence-corrected chi connectivity index (χ1v) is 4.90. The van der Waals surface area contributed by atoms with E-state index in [9.17, 15) is 8.42 Å². The molecule has 0 aromatic carbocycles. The number of aromatic nitrogens is 1. The highest BCUT2D eigenvalue weighted by atomic mass is 35.5. The number of hydrogen-bond donors (Lipinski definition) is 1. The van der Waals surface area contributed by atoms with E-state index in [2.05, 4.69) is 4.37 Å². The van der Waals surface area contributed by atoms with Crippen LogP contribution in [0.15, 0.2) is 10.3 Å². The average Bonchev–Trinajstić information content (AvgIpc) is 2.11.